The molecular weight excluding hydrogens is 172 g/mol. The Balaban J connectivity index is 2.12. The van der Waals surface area contributed by atoms with Crippen LogP contribution in [0.5, 0.6) is 0 Å². The number of hydrogen-bond acceptors (Lipinski definition) is 1. The van der Waals surface area contributed by atoms with Gasteiger partial charge in [-0.1, -0.05) is 44.2 Å². The molecule has 1 aromatic carbocycles. The quantitative estimate of drug-likeness (QED) is 0.666. The second-order valence-electron chi connectivity index (χ2n) is 4.63. The summed E-state index contributed by atoms with van der Waals surface area (Å²) in [5.41, 5.74) is 1.30. The Kier molecular flexibility index (Phi) is 2.18. The van der Waals surface area contributed by atoms with Crippen LogP contribution in [-0.2, 0) is 4.79 Å². The summed E-state index contributed by atoms with van der Waals surface area (Å²) < 4.78 is 0. The fourth-order valence-electron chi connectivity index (χ4n) is 2.29. The molecule has 1 saturated carbocycles. The van der Waals surface area contributed by atoms with Crippen LogP contribution in [-0.4, -0.2) is 6.29 Å². The van der Waals surface area contributed by atoms with Crippen LogP contribution in [0.25, 0.3) is 0 Å². The van der Waals surface area contributed by atoms with Gasteiger partial charge in [-0.2, -0.15) is 0 Å². The van der Waals surface area contributed by atoms with Crippen LogP contribution in [0.2, 0.25) is 0 Å². The fourth-order valence-corrected chi connectivity index (χ4v) is 2.29. The van der Waals surface area contributed by atoms with E-state index < -0.39 is 0 Å². The Bertz CT molecular complexity index is 330. The van der Waals surface area contributed by atoms with Gasteiger partial charge in [0.1, 0.15) is 6.29 Å². The first-order chi connectivity index (χ1) is 6.67. The van der Waals surface area contributed by atoms with E-state index in [1.807, 2.05) is 6.07 Å². The van der Waals surface area contributed by atoms with Crippen LogP contribution in [0.1, 0.15) is 31.7 Å². The zero-order chi connectivity index (χ0) is 10.2. The number of aldehydes is 1. The van der Waals surface area contributed by atoms with Crippen molar-refractivity contribution in [3.05, 3.63) is 35.9 Å². The SMILES string of the molecule is CC(c1ccccc1)[C@@H]1C[C@]1(C)C=O. The van der Waals surface area contributed by atoms with Crippen molar-refractivity contribution in [1.29, 1.82) is 0 Å². The first-order valence-corrected chi connectivity index (χ1v) is 5.18. The van der Waals surface area contributed by atoms with E-state index >= 15 is 0 Å². The average Bonchev–Trinajstić information content (AvgIpc) is 2.92. The minimum absolute atomic E-state index is 0.0464. The summed E-state index contributed by atoms with van der Waals surface area (Å²) >= 11 is 0. The minimum Gasteiger partial charge on any atom is -0.303 e. The second-order valence-corrected chi connectivity index (χ2v) is 4.63. The molecule has 0 aromatic heterocycles. The van der Waals surface area contributed by atoms with Crippen molar-refractivity contribution < 1.29 is 4.79 Å². The first-order valence-electron chi connectivity index (χ1n) is 5.18. The molecule has 0 heterocycles. The van der Waals surface area contributed by atoms with Crippen molar-refractivity contribution in [2.45, 2.75) is 26.2 Å². The summed E-state index contributed by atoms with van der Waals surface area (Å²) in [6, 6.07) is 10.4. The predicted octanol–water partition coefficient (Wildman–Crippen LogP) is 3.02. The van der Waals surface area contributed by atoms with Crippen LogP contribution in [0.3, 0.4) is 0 Å². The molecule has 14 heavy (non-hydrogen) atoms. The molecule has 0 radical (unpaired) electrons. The zero-order valence-electron chi connectivity index (χ0n) is 8.73. The number of hydrogen-bond donors (Lipinski definition) is 0. The van der Waals surface area contributed by atoms with E-state index in [2.05, 4.69) is 38.1 Å². The highest BCUT2D eigenvalue weighted by atomic mass is 16.1. The van der Waals surface area contributed by atoms with E-state index in [9.17, 15) is 4.79 Å². The normalized spacial score (nSPS) is 32.3. The Morgan fingerprint density at radius 2 is 2.07 bits per heavy atom. The van der Waals surface area contributed by atoms with Gasteiger partial charge in [0.05, 0.1) is 0 Å². The fraction of sp³-hybridized carbons (Fsp3) is 0.462. The third-order valence-corrected chi connectivity index (χ3v) is 3.54. The van der Waals surface area contributed by atoms with Crippen LogP contribution in [0.4, 0.5) is 0 Å². The molecule has 1 unspecified atom stereocenters. The minimum atomic E-state index is -0.0464. The number of carbonyl (C=O) groups is 1. The third-order valence-electron chi connectivity index (χ3n) is 3.54. The molecule has 0 saturated heterocycles. The summed E-state index contributed by atoms with van der Waals surface area (Å²) in [7, 11) is 0. The summed E-state index contributed by atoms with van der Waals surface area (Å²) in [4.78, 5) is 10.8. The predicted molar refractivity (Wildman–Crippen MR) is 57.1 cm³/mol. The number of carbonyl (C=O) groups excluding carboxylic acids is 1. The highest BCUT2D eigenvalue weighted by Crippen LogP contribution is 2.57. The lowest BCUT2D eigenvalue weighted by Gasteiger charge is -2.12. The molecular formula is C13H16O. The topological polar surface area (TPSA) is 17.1 Å². The molecule has 0 amide bonds. The van der Waals surface area contributed by atoms with E-state index in [0.29, 0.717) is 11.8 Å². The zero-order valence-corrected chi connectivity index (χ0v) is 8.73. The molecule has 1 nitrogen and oxygen atoms in total. The molecule has 0 aliphatic heterocycles. The van der Waals surface area contributed by atoms with E-state index in [-0.39, 0.29) is 5.41 Å². The third kappa shape index (κ3) is 1.47. The van der Waals surface area contributed by atoms with Crippen LogP contribution >= 0.6 is 0 Å². The smallest absolute Gasteiger partial charge is 0.126 e. The highest BCUT2D eigenvalue weighted by molar-refractivity contribution is 5.64. The highest BCUT2D eigenvalue weighted by Gasteiger charge is 2.52. The molecule has 74 valence electrons. The van der Waals surface area contributed by atoms with E-state index in [1.54, 1.807) is 0 Å². The summed E-state index contributed by atoms with van der Waals surface area (Å²) in [5.74, 6) is 1.05. The molecule has 0 spiro atoms. The molecule has 1 aromatic rings. The van der Waals surface area contributed by atoms with Gasteiger partial charge in [-0.05, 0) is 23.8 Å². The van der Waals surface area contributed by atoms with Gasteiger partial charge in [0.25, 0.3) is 0 Å². The lowest BCUT2D eigenvalue weighted by Crippen LogP contribution is -2.05. The van der Waals surface area contributed by atoms with Gasteiger partial charge < -0.3 is 4.79 Å². The van der Waals surface area contributed by atoms with Crippen molar-refractivity contribution in [1.82, 2.24) is 0 Å². The molecule has 2 rings (SSSR count). The molecule has 1 aliphatic carbocycles. The standard InChI is InChI=1S/C13H16O/c1-10(11-6-4-3-5-7-11)12-8-13(12,2)9-14/h3-7,9-10,12H,8H2,1-2H3/t10?,12-,13+/m0/s1. The van der Waals surface area contributed by atoms with Crippen molar-refractivity contribution in [3.8, 4) is 0 Å². The van der Waals surface area contributed by atoms with Crippen molar-refractivity contribution >= 4 is 6.29 Å². The van der Waals surface area contributed by atoms with Crippen molar-refractivity contribution in [2.75, 3.05) is 0 Å². The maximum atomic E-state index is 10.8. The number of benzene rings is 1. The maximum Gasteiger partial charge on any atom is 0.126 e. The molecule has 3 atom stereocenters. The van der Waals surface area contributed by atoms with Crippen molar-refractivity contribution in [3.63, 3.8) is 0 Å². The lowest BCUT2D eigenvalue weighted by atomic mass is 9.92. The van der Waals surface area contributed by atoms with Crippen LogP contribution in [0, 0.1) is 11.3 Å². The Hall–Kier alpha value is -1.11. The van der Waals surface area contributed by atoms with Crippen LogP contribution < -0.4 is 0 Å². The van der Waals surface area contributed by atoms with Gasteiger partial charge in [0.15, 0.2) is 0 Å². The lowest BCUT2D eigenvalue weighted by molar-refractivity contribution is -0.112. The Morgan fingerprint density at radius 3 is 2.57 bits per heavy atom. The van der Waals surface area contributed by atoms with E-state index in [4.69, 9.17) is 0 Å². The van der Waals surface area contributed by atoms with E-state index in [1.165, 1.54) is 5.56 Å². The monoisotopic (exact) mass is 188 g/mol. The van der Waals surface area contributed by atoms with Gasteiger partial charge >= 0.3 is 0 Å². The van der Waals surface area contributed by atoms with Crippen LogP contribution in [0.15, 0.2) is 30.3 Å². The van der Waals surface area contributed by atoms with Gasteiger partial charge in [0.2, 0.25) is 0 Å². The summed E-state index contributed by atoms with van der Waals surface area (Å²) in [5, 5.41) is 0. The molecule has 1 heteroatoms. The first kappa shape index (κ1) is 9.45. The largest absolute Gasteiger partial charge is 0.303 e. The maximum absolute atomic E-state index is 10.8. The second kappa shape index (κ2) is 3.23. The molecule has 0 bridgehead atoms. The summed E-state index contributed by atoms with van der Waals surface area (Å²) in [6.07, 6.45) is 2.17. The van der Waals surface area contributed by atoms with Gasteiger partial charge in [-0.15, -0.1) is 0 Å². The number of rotatable bonds is 3. The Labute approximate surface area is 85.1 Å². The molecule has 1 fully saturated rings. The summed E-state index contributed by atoms with van der Waals surface area (Å²) in [6.45, 7) is 4.28. The molecule has 1 aliphatic rings. The van der Waals surface area contributed by atoms with E-state index in [0.717, 1.165) is 12.7 Å². The average molecular weight is 188 g/mol. The van der Waals surface area contributed by atoms with Gasteiger partial charge in [-0.3, -0.25) is 0 Å². The van der Waals surface area contributed by atoms with Gasteiger partial charge in [-0.25, -0.2) is 0 Å². The van der Waals surface area contributed by atoms with Crippen molar-refractivity contribution in [2.24, 2.45) is 11.3 Å². The Morgan fingerprint density at radius 1 is 1.43 bits per heavy atom. The van der Waals surface area contributed by atoms with Gasteiger partial charge in [0, 0.05) is 5.41 Å². The molecule has 0 N–H and O–H groups in total.